The predicted octanol–water partition coefficient (Wildman–Crippen LogP) is 4.04. The molecule has 8 nitrogen and oxygen atoms in total. The number of nitro groups is 1. The summed E-state index contributed by atoms with van der Waals surface area (Å²) in [5.74, 6) is 0. The van der Waals surface area contributed by atoms with E-state index < -0.39 is 14.9 Å². The molecule has 1 fully saturated rings. The SMILES string of the molecule is C/C(=N/Nc1ccc(S(=O)(=O)N2CCCC2)cc1[N+](=O)[O-])c1ccc(Br)s1. The monoisotopic (exact) mass is 472 g/mol. The second-order valence-corrected chi connectivity index (χ2v) is 10.4. The first-order chi connectivity index (χ1) is 12.8. The Morgan fingerprint density at radius 1 is 1.30 bits per heavy atom. The van der Waals surface area contributed by atoms with Crippen LogP contribution in [0.5, 0.6) is 0 Å². The third-order valence-corrected chi connectivity index (χ3v) is 7.77. The molecule has 0 spiro atoms. The second-order valence-electron chi connectivity index (χ2n) is 5.96. The minimum atomic E-state index is -3.72. The van der Waals surface area contributed by atoms with Gasteiger partial charge in [-0.25, -0.2) is 8.42 Å². The van der Waals surface area contributed by atoms with E-state index in [9.17, 15) is 18.5 Å². The van der Waals surface area contributed by atoms with Crippen molar-refractivity contribution in [3.05, 3.63) is 49.1 Å². The molecule has 0 radical (unpaired) electrons. The molecule has 0 saturated carbocycles. The predicted molar refractivity (Wildman–Crippen MR) is 109 cm³/mol. The zero-order valence-electron chi connectivity index (χ0n) is 14.4. The van der Waals surface area contributed by atoms with Gasteiger partial charge >= 0.3 is 0 Å². The number of anilines is 1. The summed E-state index contributed by atoms with van der Waals surface area (Å²) in [6.45, 7) is 2.66. The minimum Gasteiger partial charge on any atom is -0.271 e. The normalized spacial score (nSPS) is 15.9. The molecule has 1 N–H and O–H groups in total. The average Bonchev–Trinajstić information content (AvgIpc) is 3.31. The van der Waals surface area contributed by atoms with Crippen LogP contribution in [0.25, 0.3) is 0 Å². The lowest BCUT2D eigenvalue weighted by Gasteiger charge is -2.15. The molecule has 1 aliphatic rings. The highest BCUT2D eigenvalue weighted by Gasteiger charge is 2.29. The van der Waals surface area contributed by atoms with E-state index in [1.807, 2.05) is 12.1 Å². The maximum atomic E-state index is 12.6. The molecular weight excluding hydrogens is 456 g/mol. The van der Waals surface area contributed by atoms with Gasteiger partial charge in [-0.3, -0.25) is 15.5 Å². The van der Waals surface area contributed by atoms with Crippen LogP contribution < -0.4 is 5.43 Å². The number of benzene rings is 1. The zero-order valence-corrected chi connectivity index (χ0v) is 17.6. The Labute approximate surface area is 169 Å². The Morgan fingerprint density at radius 3 is 2.59 bits per heavy atom. The van der Waals surface area contributed by atoms with Crippen LogP contribution in [0.3, 0.4) is 0 Å². The standard InChI is InChI=1S/C16H17BrN4O4S2/c1-11(15-6-7-16(17)26-15)18-19-13-5-4-12(10-14(13)21(22)23)27(24,25)20-8-2-3-9-20/h4-7,10,19H,2-3,8-9H2,1H3/b18-11-. The Hall–Kier alpha value is -1.82. The maximum absolute atomic E-state index is 12.6. The van der Waals surface area contributed by atoms with Crippen molar-refractivity contribution >= 4 is 54.4 Å². The zero-order chi connectivity index (χ0) is 19.6. The van der Waals surface area contributed by atoms with Crippen molar-refractivity contribution in [2.75, 3.05) is 18.5 Å². The number of thiophene rings is 1. The summed E-state index contributed by atoms with van der Waals surface area (Å²) in [7, 11) is -3.72. The van der Waals surface area contributed by atoms with E-state index in [1.54, 1.807) is 6.92 Å². The van der Waals surface area contributed by atoms with Crippen LogP contribution in [0, 0.1) is 10.1 Å². The molecule has 144 valence electrons. The molecule has 27 heavy (non-hydrogen) atoms. The Bertz CT molecular complexity index is 998. The summed E-state index contributed by atoms with van der Waals surface area (Å²) in [6.07, 6.45) is 1.60. The Balaban J connectivity index is 1.89. The van der Waals surface area contributed by atoms with Crippen molar-refractivity contribution in [3.63, 3.8) is 0 Å². The van der Waals surface area contributed by atoms with Gasteiger partial charge in [0.2, 0.25) is 10.0 Å². The molecule has 1 aliphatic heterocycles. The summed E-state index contributed by atoms with van der Waals surface area (Å²) in [5, 5.41) is 15.6. The number of nitro benzene ring substituents is 1. The van der Waals surface area contributed by atoms with Crippen molar-refractivity contribution in [3.8, 4) is 0 Å². The fraction of sp³-hybridized carbons (Fsp3) is 0.312. The topological polar surface area (TPSA) is 105 Å². The van der Waals surface area contributed by atoms with Gasteiger partial charge in [-0.05, 0) is 60.0 Å². The fourth-order valence-corrected chi connectivity index (χ4v) is 5.57. The smallest absolute Gasteiger partial charge is 0.271 e. The van der Waals surface area contributed by atoms with Gasteiger partial charge in [0.25, 0.3) is 5.69 Å². The van der Waals surface area contributed by atoms with Gasteiger partial charge in [0.15, 0.2) is 0 Å². The number of hydrogen-bond acceptors (Lipinski definition) is 7. The first-order valence-electron chi connectivity index (χ1n) is 8.13. The van der Waals surface area contributed by atoms with Gasteiger partial charge in [0.1, 0.15) is 5.69 Å². The first-order valence-corrected chi connectivity index (χ1v) is 11.2. The molecule has 1 saturated heterocycles. The van der Waals surface area contributed by atoms with E-state index in [1.165, 1.54) is 27.8 Å². The van der Waals surface area contributed by atoms with Crippen LogP contribution in [0.1, 0.15) is 24.6 Å². The average molecular weight is 473 g/mol. The summed E-state index contributed by atoms with van der Waals surface area (Å²) in [4.78, 5) is 11.7. The van der Waals surface area contributed by atoms with Gasteiger partial charge in [-0.15, -0.1) is 11.3 Å². The highest BCUT2D eigenvalue weighted by atomic mass is 79.9. The summed E-state index contributed by atoms with van der Waals surface area (Å²) in [5.41, 5.74) is 3.14. The van der Waals surface area contributed by atoms with Gasteiger partial charge in [0.05, 0.1) is 24.2 Å². The molecule has 0 atom stereocenters. The van der Waals surface area contributed by atoms with E-state index in [0.717, 1.165) is 27.6 Å². The lowest BCUT2D eigenvalue weighted by atomic mass is 10.3. The van der Waals surface area contributed by atoms with Crippen molar-refractivity contribution < 1.29 is 13.3 Å². The van der Waals surface area contributed by atoms with E-state index in [4.69, 9.17) is 0 Å². The number of halogens is 1. The quantitative estimate of drug-likeness (QED) is 0.387. The Morgan fingerprint density at radius 2 is 2.00 bits per heavy atom. The molecular formula is C16H17BrN4O4S2. The molecule has 0 unspecified atom stereocenters. The molecule has 3 rings (SSSR count). The highest BCUT2D eigenvalue weighted by molar-refractivity contribution is 9.11. The number of sulfonamides is 1. The van der Waals surface area contributed by atoms with E-state index in [2.05, 4.69) is 26.5 Å². The summed E-state index contributed by atoms with van der Waals surface area (Å²) in [6, 6.07) is 7.61. The van der Waals surface area contributed by atoms with Gasteiger partial charge < -0.3 is 0 Å². The van der Waals surface area contributed by atoms with Gasteiger partial charge in [-0.2, -0.15) is 9.41 Å². The van der Waals surface area contributed by atoms with Crippen LogP contribution in [0.4, 0.5) is 11.4 Å². The van der Waals surface area contributed by atoms with E-state index in [0.29, 0.717) is 18.8 Å². The van der Waals surface area contributed by atoms with Crippen LogP contribution in [-0.4, -0.2) is 36.4 Å². The Kier molecular flexibility index (Phi) is 5.94. The number of hydrogen-bond donors (Lipinski definition) is 1. The molecule has 11 heteroatoms. The van der Waals surface area contributed by atoms with Crippen molar-refractivity contribution in [1.29, 1.82) is 0 Å². The van der Waals surface area contributed by atoms with Gasteiger partial charge in [-0.1, -0.05) is 0 Å². The molecule has 2 aromatic rings. The van der Waals surface area contributed by atoms with Crippen LogP contribution in [-0.2, 0) is 10.0 Å². The van der Waals surface area contributed by atoms with Crippen molar-refractivity contribution in [2.45, 2.75) is 24.7 Å². The lowest BCUT2D eigenvalue weighted by molar-refractivity contribution is -0.384. The molecule has 0 amide bonds. The third kappa shape index (κ3) is 4.37. The molecule has 1 aromatic heterocycles. The maximum Gasteiger partial charge on any atom is 0.295 e. The number of hydrazone groups is 1. The minimum absolute atomic E-state index is 0.0791. The largest absolute Gasteiger partial charge is 0.295 e. The molecule has 1 aromatic carbocycles. The van der Waals surface area contributed by atoms with E-state index in [-0.39, 0.29) is 16.3 Å². The van der Waals surface area contributed by atoms with Crippen molar-refractivity contribution in [1.82, 2.24) is 4.31 Å². The van der Waals surface area contributed by atoms with Crippen LogP contribution in [0.2, 0.25) is 0 Å². The lowest BCUT2D eigenvalue weighted by Crippen LogP contribution is -2.27. The van der Waals surface area contributed by atoms with E-state index >= 15 is 0 Å². The molecule has 0 bridgehead atoms. The summed E-state index contributed by atoms with van der Waals surface area (Å²) < 4.78 is 27.6. The fourth-order valence-electron chi connectivity index (χ4n) is 2.70. The van der Waals surface area contributed by atoms with Crippen molar-refractivity contribution in [2.24, 2.45) is 5.10 Å². The highest BCUT2D eigenvalue weighted by Crippen LogP contribution is 2.30. The molecule has 0 aliphatic carbocycles. The summed E-state index contributed by atoms with van der Waals surface area (Å²) >= 11 is 4.86. The number of rotatable bonds is 6. The molecule has 2 heterocycles. The first kappa shape index (κ1) is 19.9. The number of nitrogens with one attached hydrogen (secondary N) is 1. The van der Waals surface area contributed by atoms with Crippen LogP contribution >= 0.6 is 27.3 Å². The second kappa shape index (κ2) is 8.05. The van der Waals surface area contributed by atoms with Gasteiger partial charge in [0, 0.05) is 19.2 Å². The van der Waals surface area contributed by atoms with Crippen LogP contribution in [0.15, 0.2) is 44.1 Å². The number of nitrogens with zero attached hydrogens (tertiary/aromatic N) is 3. The third-order valence-electron chi connectivity index (χ3n) is 4.14.